The number of para-hydroxylation sites is 1. The molecule has 0 saturated carbocycles. The van der Waals surface area contributed by atoms with Gasteiger partial charge >= 0.3 is 0 Å². The summed E-state index contributed by atoms with van der Waals surface area (Å²) in [5.41, 5.74) is 7.39. The van der Waals surface area contributed by atoms with Crippen LogP contribution in [0.4, 0.5) is 10.1 Å². The van der Waals surface area contributed by atoms with Gasteiger partial charge in [-0.15, -0.1) is 0 Å². The molecule has 1 aromatic carbocycles. The summed E-state index contributed by atoms with van der Waals surface area (Å²) in [5.74, 6) is -0.328. The second-order valence-corrected chi connectivity index (χ2v) is 3.08. The van der Waals surface area contributed by atoms with Crippen LogP contribution in [0.5, 0.6) is 0 Å². The Kier molecular flexibility index (Phi) is 6.84. The lowest BCUT2D eigenvalue weighted by atomic mass is 10.2. The van der Waals surface area contributed by atoms with E-state index in [0.717, 1.165) is 5.57 Å². The van der Waals surface area contributed by atoms with E-state index in [1.54, 1.807) is 31.3 Å². The first kappa shape index (κ1) is 14.4. The molecule has 0 bridgehead atoms. The monoisotopic (exact) mass is 222 g/mol. The van der Waals surface area contributed by atoms with Crippen LogP contribution in [0.15, 0.2) is 40.5 Å². The summed E-state index contributed by atoms with van der Waals surface area (Å²) < 4.78 is 13.1. The Morgan fingerprint density at radius 1 is 1.25 bits per heavy atom. The van der Waals surface area contributed by atoms with Crippen molar-refractivity contribution in [3.8, 4) is 0 Å². The fourth-order valence-electron chi connectivity index (χ4n) is 0.825. The van der Waals surface area contributed by atoms with E-state index in [1.807, 2.05) is 20.8 Å². The van der Waals surface area contributed by atoms with Crippen molar-refractivity contribution >= 4 is 11.9 Å². The zero-order valence-electron chi connectivity index (χ0n) is 10.3. The number of aliphatic imine (C=N–C) groups is 1. The summed E-state index contributed by atoms with van der Waals surface area (Å²) in [7, 11) is 0. The lowest BCUT2D eigenvalue weighted by Crippen LogP contribution is -1.95. The van der Waals surface area contributed by atoms with Gasteiger partial charge in [-0.25, -0.2) is 4.39 Å². The maximum absolute atomic E-state index is 13.1. The van der Waals surface area contributed by atoms with E-state index in [4.69, 9.17) is 5.73 Å². The molecule has 16 heavy (non-hydrogen) atoms. The quantitative estimate of drug-likeness (QED) is 0.759. The molecular weight excluding hydrogens is 203 g/mol. The maximum Gasteiger partial charge on any atom is 0.148 e. The van der Waals surface area contributed by atoms with Gasteiger partial charge in [-0.1, -0.05) is 26.0 Å². The van der Waals surface area contributed by atoms with E-state index in [2.05, 4.69) is 4.99 Å². The predicted octanol–water partition coefficient (Wildman–Crippen LogP) is 3.81. The molecule has 0 atom stereocenters. The lowest BCUT2D eigenvalue weighted by Gasteiger charge is -1.97. The van der Waals surface area contributed by atoms with Crippen LogP contribution in [0.25, 0.3) is 0 Å². The number of nitrogens with two attached hydrogens (primary N) is 1. The van der Waals surface area contributed by atoms with E-state index < -0.39 is 0 Å². The Balaban J connectivity index is 0.00000106. The first-order valence-corrected chi connectivity index (χ1v) is 5.33. The molecule has 0 aromatic heterocycles. The fraction of sp³-hybridized carbons (Fsp3) is 0.308. The lowest BCUT2D eigenvalue weighted by molar-refractivity contribution is 0.630. The molecule has 2 nitrogen and oxygen atoms in total. The van der Waals surface area contributed by atoms with Gasteiger partial charge in [-0.2, -0.15) is 0 Å². The van der Waals surface area contributed by atoms with Crippen LogP contribution in [0.3, 0.4) is 0 Å². The van der Waals surface area contributed by atoms with Crippen molar-refractivity contribution in [3.63, 3.8) is 0 Å². The molecule has 0 heterocycles. The van der Waals surface area contributed by atoms with Crippen LogP contribution < -0.4 is 5.73 Å². The van der Waals surface area contributed by atoms with Crippen molar-refractivity contribution in [1.29, 1.82) is 0 Å². The van der Waals surface area contributed by atoms with Crippen LogP contribution in [0, 0.1) is 5.82 Å². The number of nitrogens with zero attached hydrogens (tertiary/aromatic N) is 1. The Bertz CT molecular complexity index is 377. The minimum Gasteiger partial charge on any atom is -0.402 e. The molecule has 88 valence electrons. The van der Waals surface area contributed by atoms with Crippen molar-refractivity contribution in [2.45, 2.75) is 27.7 Å². The summed E-state index contributed by atoms with van der Waals surface area (Å²) in [6.45, 7) is 7.61. The topological polar surface area (TPSA) is 38.4 Å². The molecule has 0 fully saturated rings. The Hall–Kier alpha value is -1.64. The van der Waals surface area contributed by atoms with Gasteiger partial charge in [-0.05, 0) is 31.6 Å². The standard InChI is InChI=1S/C11H13FN2.C2H6/c1-8(9(2)13)7-14-11-6-4-3-5-10(11)12;1-2/h3-7H,13H2,1-2H3;1-2H3/b9-8-,14-7?;. The van der Waals surface area contributed by atoms with Crippen molar-refractivity contribution in [3.05, 3.63) is 41.4 Å². The Morgan fingerprint density at radius 3 is 2.31 bits per heavy atom. The van der Waals surface area contributed by atoms with Crippen molar-refractivity contribution in [2.75, 3.05) is 0 Å². The molecule has 1 aromatic rings. The second kappa shape index (κ2) is 7.63. The van der Waals surface area contributed by atoms with Crippen LogP contribution in [0.1, 0.15) is 27.7 Å². The molecule has 0 aliphatic heterocycles. The smallest absolute Gasteiger partial charge is 0.148 e. The van der Waals surface area contributed by atoms with Gasteiger partial charge in [-0.3, -0.25) is 4.99 Å². The molecule has 0 unspecified atom stereocenters. The van der Waals surface area contributed by atoms with E-state index >= 15 is 0 Å². The van der Waals surface area contributed by atoms with Crippen molar-refractivity contribution in [1.82, 2.24) is 0 Å². The molecular formula is C13H19FN2. The number of benzene rings is 1. The SMILES string of the molecule is C/C(N)=C(\C)C=Nc1ccccc1F.CC. The first-order valence-electron chi connectivity index (χ1n) is 5.33. The van der Waals surface area contributed by atoms with Crippen LogP contribution in [0.2, 0.25) is 0 Å². The van der Waals surface area contributed by atoms with Crippen LogP contribution in [-0.2, 0) is 0 Å². The van der Waals surface area contributed by atoms with Crippen LogP contribution in [-0.4, -0.2) is 6.21 Å². The zero-order valence-corrected chi connectivity index (χ0v) is 10.3. The largest absolute Gasteiger partial charge is 0.402 e. The maximum atomic E-state index is 13.1. The van der Waals surface area contributed by atoms with E-state index in [1.165, 1.54) is 6.07 Å². The van der Waals surface area contributed by atoms with E-state index in [0.29, 0.717) is 11.4 Å². The van der Waals surface area contributed by atoms with Gasteiger partial charge in [0.2, 0.25) is 0 Å². The number of hydrogen-bond acceptors (Lipinski definition) is 2. The fourth-order valence-corrected chi connectivity index (χ4v) is 0.825. The minimum atomic E-state index is -0.328. The average molecular weight is 222 g/mol. The summed E-state index contributed by atoms with van der Waals surface area (Å²) in [5, 5.41) is 0. The van der Waals surface area contributed by atoms with Gasteiger partial charge < -0.3 is 5.73 Å². The van der Waals surface area contributed by atoms with E-state index in [9.17, 15) is 4.39 Å². The van der Waals surface area contributed by atoms with Crippen molar-refractivity contribution < 1.29 is 4.39 Å². The third kappa shape index (κ3) is 4.73. The summed E-state index contributed by atoms with van der Waals surface area (Å²) >= 11 is 0. The highest BCUT2D eigenvalue weighted by Crippen LogP contribution is 2.15. The minimum absolute atomic E-state index is 0.327. The number of hydrogen-bond donors (Lipinski definition) is 1. The molecule has 0 spiro atoms. The molecule has 0 aliphatic carbocycles. The van der Waals surface area contributed by atoms with Crippen LogP contribution >= 0.6 is 0 Å². The number of allylic oxidation sites excluding steroid dienone is 2. The summed E-state index contributed by atoms with van der Waals surface area (Å²) in [4.78, 5) is 3.99. The molecule has 2 N–H and O–H groups in total. The van der Waals surface area contributed by atoms with E-state index in [-0.39, 0.29) is 5.82 Å². The first-order chi connectivity index (χ1) is 7.61. The third-order valence-corrected chi connectivity index (χ3v) is 1.87. The highest BCUT2D eigenvalue weighted by Gasteiger charge is 1.96. The molecule has 0 amide bonds. The average Bonchev–Trinajstić information content (AvgIpc) is 2.30. The second-order valence-electron chi connectivity index (χ2n) is 3.08. The third-order valence-electron chi connectivity index (χ3n) is 1.87. The highest BCUT2D eigenvalue weighted by atomic mass is 19.1. The van der Waals surface area contributed by atoms with Gasteiger partial charge in [0, 0.05) is 11.9 Å². The molecule has 0 saturated heterocycles. The Labute approximate surface area is 96.7 Å². The molecule has 1 rings (SSSR count). The zero-order chi connectivity index (χ0) is 12.6. The normalized spacial score (nSPS) is 11.8. The van der Waals surface area contributed by atoms with Gasteiger partial charge in [0.15, 0.2) is 0 Å². The van der Waals surface area contributed by atoms with Crippen molar-refractivity contribution in [2.24, 2.45) is 10.7 Å². The number of rotatable bonds is 2. The Morgan fingerprint density at radius 2 is 1.81 bits per heavy atom. The highest BCUT2D eigenvalue weighted by molar-refractivity contribution is 5.81. The summed E-state index contributed by atoms with van der Waals surface area (Å²) in [6, 6.07) is 6.36. The molecule has 3 heteroatoms. The number of halogens is 1. The molecule has 0 radical (unpaired) electrons. The van der Waals surface area contributed by atoms with Gasteiger partial charge in [0.05, 0.1) is 5.69 Å². The van der Waals surface area contributed by atoms with Gasteiger partial charge in [0.1, 0.15) is 5.82 Å². The molecule has 0 aliphatic rings. The van der Waals surface area contributed by atoms with Gasteiger partial charge in [0.25, 0.3) is 0 Å². The predicted molar refractivity (Wildman–Crippen MR) is 68.5 cm³/mol. The summed E-state index contributed by atoms with van der Waals surface area (Å²) in [6.07, 6.45) is 1.56.